The van der Waals surface area contributed by atoms with Crippen LogP contribution < -0.4 is 0 Å². The van der Waals surface area contributed by atoms with Gasteiger partial charge in [0.05, 0.1) is 6.42 Å². The molecular formula is C8H11F7. The molecule has 0 spiro atoms. The minimum atomic E-state index is -4.45. The van der Waals surface area contributed by atoms with E-state index in [9.17, 15) is 30.7 Å². The number of alkyl halides is 6. The number of hydrogen-bond acceptors (Lipinski definition) is 0. The van der Waals surface area contributed by atoms with Gasteiger partial charge in [-0.1, -0.05) is 13.5 Å². The summed E-state index contributed by atoms with van der Waals surface area (Å²) in [7, 11) is 0. The molecule has 0 aliphatic rings. The monoisotopic (exact) mass is 240 g/mol. The van der Waals surface area contributed by atoms with Gasteiger partial charge in [0, 0.05) is 6.42 Å². The summed E-state index contributed by atoms with van der Waals surface area (Å²) in [6.07, 6.45) is -10.4. The average Bonchev–Trinajstić information content (AvgIpc) is 1.77. The van der Waals surface area contributed by atoms with Crippen molar-refractivity contribution in [3.63, 3.8) is 0 Å². The van der Waals surface area contributed by atoms with Crippen LogP contribution in [0.3, 0.4) is 0 Å². The van der Waals surface area contributed by atoms with Crippen LogP contribution >= 0.6 is 0 Å². The van der Waals surface area contributed by atoms with E-state index in [1.165, 1.54) is 6.92 Å². The van der Waals surface area contributed by atoms with Gasteiger partial charge in [0.25, 0.3) is 0 Å². The second kappa shape index (κ2) is 6.68. The molecule has 0 saturated carbocycles. The summed E-state index contributed by atoms with van der Waals surface area (Å²) in [6.45, 7) is 3.96. The van der Waals surface area contributed by atoms with Crippen LogP contribution in [0.4, 0.5) is 30.7 Å². The lowest BCUT2D eigenvalue weighted by molar-refractivity contribution is -0.134. The molecule has 15 heavy (non-hydrogen) atoms. The largest absolute Gasteiger partial charge is 0.395 e. The predicted molar refractivity (Wildman–Crippen MR) is 41.9 cm³/mol. The van der Waals surface area contributed by atoms with Crippen LogP contribution in [0, 0.1) is 0 Å². The molecule has 0 heterocycles. The van der Waals surface area contributed by atoms with Crippen molar-refractivity contribution in [1.29, 1.82) is 0 Å². The number of rotatable bonds is 2. The van der Waals surface area contributed by atoms with Gasteiger partial charge < -0.3 is 0 Å². The molecule has 7 heteroatoms. The van der Waals surface area contributed by atoms with Gasteiger partial charge in [0.1, 0.15) is 5.83 Å². The summed E-state index contributed by atoms with van der Waals surface area (Å²) in [5.74, 6) is -1.35. The van der Waals surface area contributed by atoms with Gasteiger partial charge in [-0.3, -0.25) is 0 Å². The zero-order valence-corrected chi connectivity index (χ0v) is 7.97. The van der Waals surface area contributed by atoms with Crippen LogP contribution in [0.15, 0.2) is 12.4 Å². The van der Waals surface area contributed by atoms with Crippen LogP contribution in [-0.2, 0) is 0 Å². The van der Waals surface area contributed by atoms with E-state index in [1.807, 2.05) is 0 Å². The smallest absolute Gasteiger partial charge is 0.212 e. The Hall–Kier alpha value is -0.750. The molecule has 0 atom stereocenters. The molecule has 0 radical (unpaired) electrons. The number of allylic oxidation sites excluding steroid dienone is 1. The lowest BCUT2D eigenvalue weighted by Crippen LogP contribution is -2.05. The van der Waals surface area contributed by atoms with Crippen molar-refractivity contribution in [2.45, 2.75) is 38.5 Å². The quantitative estimate of drug-likeness (QED) is 0.610. The Bertz CT molecular complexity index is 176. The molecule has 0 fully saturated rings. The van der Waals surface area contributed by atoms with Crippen molar-refractivity contribution in [1.82, 2.24) is 0 Å². The minimum absolute atomic E-state index is 0.184. The molecule has 0 saturated heterocycles. The molecule has 0 aromatic carbocycles. The van der Waals surface area contributed by atoms with Crippen LogP contribution in [0.5, 0.6) is 0 Å². The van der Waals surface area contributed by atoms with E-state index in [0.717, 1.165) is 0 Å². The highest BCUT2D eigenvalue weighted by molar-refractivity contribution is 4.82. The van der Waals surface area contributed by atoms with Crippen LogP contribution in [0.25, 0.3) is 0 Å². The summed E-state index contributed by atoms with van der Waals surface area (Å²) < 4.78 is 77.5. The maximum Gasteiger partial charge on any atom is 0.395 e. The number of hydrogen-bond donors (Lipinski definition) is 0. The van der Waals surface area contributed by atoms with Gasteiger partial charge in [0.15, 0.2) is 0 Å². The standard InChI is InChI=1S/C4H4F4.C4H7F3/c1-3(5)2-4(6,7)8;1-2-3-4(5,6)7/h1-2H2;2-3H2,1H3. The van der Waals surface area contributed by atoms with Crippen molar-refractivity contribution in [3.8, 4) is 0 Å². The van der Waals surface area contributed by atoms with Crippen molar-refractivity contribution < 1.29 is 30.7 Å². The van der Waals surface area contributed by atoms with Crippen LogP contribution in [-0.4, -0.2) is 12.4 Å². The van der Waals surface area contributed by atoms with E-state index >= 15 is 0 Å². The van der Waals surface area contributed by atoms with Gasteiger partial charge >= 0.3 is 12.4 Å². The molecule has 0 aliphatic carbocycles. The van der Waals surface area contributed by atoms with Crippen molar-refractivity contribution >= 4 is 0 Å². The maximum absolute atomic E-state index is 11.3. The lowest BCUT2D eigenvalue weighted by atomic mass is 10.3. The van der Waals surface area contributed by atoms with Gasteiger partial charge in [-0.15, -0.1) is 0 Å². The molecule has 92 valence electrons. The Labute approximate surface area is 82.8 Å². The fraction of sp³-hybridized carbons (Fsp3) is 0.750. The van der Waals surface area contributed by atoms with Gasteiger partial charge in [-0.25, -0.2) is 4.39 Å². The molecule has 0 unspecified atom stereocenters. The summed E-state index contributed by atoms with van der Waals surface area (Å²) in [6, 6.07) is 0. The lowest BCUT2D eigenvalue weighted by Gasteiger charge is -2.00. The molecule has 0 aromatic rings. The van der Waals surface area contributed by atoms with E-state index < -0.39 is 31.0 Å². The molecule has 0 rings (SSSR count). The maximum atomic E-state index is 11.3. The molecule has 0 N–H and O–H groups in total. The second-order valence-corrected chi connectivity index (χ2v) is 2.67. The Morgan fingerprint density at radius 3 is 1.40 bits per heavy atom. The third kappa shape index (κ3) is 24.6. The topological polar surface area (TPSA) is 0 Å². The highest BCUT2D eigenvalue weighted by Crippen LogP contribution is 2.23. The normalized spacial score (nSPS) is 11.7. The highest BCUT2D eigenvalue weighted by Gasteiger charge is 2.28. The first kappa shape index (κ1) is 16.7. The van der Waals surface area contributed by atoms with Crippen LogP contribution in [0.1, 0.15) is 26.2 Å². The van der Waals surface area contributed by atoms with Gasteiger partial charge in [-0.05, 0) is 6.42 Å². The molecule has 0 aliphatic heterocycles. The van der Waals surface area contributed by atoms with Crippen molar-refractivity contribution in [3.05, 3.63) is 12.4 Å². The first-order valence-electron chi connectivity index (χ1n) is 3.94. The van der Waals surface area contributed by atoms with E-state index in [-0.39, 0.29) is 6.42 Å². The molecular weight excluding hydrogens is 229 g/mol. The Balaban J connectivity index is 0. The summed E-state index contributed by atoms with van der Waals surface area (Å²) >= 11 is 0. The molecule has 0 amide bonds. The molecule has 0 bridgehead atoms. The van der Waals surface area contributed by atoms with E-state index in [2.05, 4.69) is 6.58 Å². The second-order valence-electron chi connectivity index (χ2n) is 2.67. The SMILES string of the molecule is C=C(F)CC(F)(F)F.CCCC(F)(F)F. The van der Waals surface area contributed by atoms with Gasteiger partial charge in [-0.2, -0.15) is 26.3 Å². The van der Waals surface area contributed by atoms with E-state index in [0.29, 0.717) is 0 Å². The Kier molecular flexibility index (Phi) is 7.43. The first-order valence-corrected chi connectivity index (χ1v) is 3.94. The number of halogens is 7. The summed E-state index contributed by atoms with van der Waals surface area (Å²) in [5.41, 5.74) is 0. The summed E-state index contributed by atoms with van der Waals surface area (Å²) in [4.78, 5) is 0. The fourth-order valence-corrected chi connectivity index (χ4v) is 0.501. The van der Waals surface area contributed by atoms with E-state index in [1.54, 1.807) is 0 Å². The third-order valence-corrected chi connectivity index (χ3v) is 0.926. The average molecular weight is 240 g/mol. The summed E-state index contributed by atoms with van der Waals surface area (Å²) in [5, 5.41) is 0. The fourth-order valence-electron chi connectivity index (χ4n) is 0.501. The molecule has 0 nitrogen and oxygen atoms in total. The molecule has 0 aromatic heterocycles. The highest BCUT2D eigenvalue weighted by atomic mass is 19.4. The predicted octanol–water partition coefficient (Wildman–Crippen LogP) is 4.77. The zero-order chi connectivity index (χ0) is 12.7. The Morgan fingerprint density at radius 1 is 1.00 bits per heavy atom. The van der Waals surface area contributed by atoms with Crippen molar-refractivity contribution in [2.24, 2.45) is 0 Å². The van der Waals surface area contributed by atoms with E-state index in [4.69, 9.17) is 0 Å². The third-order valence-electron chi connectivity index (χ3n) is 0.926. The van der Waals surface area contributed by atoms with Gasteiger partial charge in [0.2, 0.25) is 0 Å². The zero-order valence-electron chi connectivity index (χ0n) is 7.97. The van der Waals surface area contributed by atoms with Crippen LogP contribution in [0.2, 0.25) is 0 Å². The first-order chi connectivity index (χ1) is 6.48. The van der Waals surface area contributed by atoms with Crippen molar-refractivity contribution in [2.75, 3.05) is 0 Å². The Morgan fingerprint density at radius 2 is 1.40 bits per heavy atom. The minimum Gasteiger partial charge on any atom is -0.212 e.